The Bertz CT molecular complexity index is 439. The average Bonchev–Trinajstić information content (AvgIpc) is 2.72. The summed E-state index contributed by atoms with van der Waals surface area (Å²) in [4.78, 5) is 9.75. The van der Waals surface area contributed by atoms with Crippen LogP contribution < -0.4 is 5.32 Å². The van der Waals surface area contributed by atoms with Gasteiger partial charge in [0.15, 0.2) is 11.0 Å². The number of aryl methyl sites for hydroxylation is 3. The first-order valence-corrected chi connectivity index (χ1v) is 5.49. The second kappa shape index (κ2) is 3.98. The molecule has 2 aromatic heterocycles. The van der Waals surface area contributed by atoms with Crippen LogP contribution in [0.25, 0.3) is 0 Å². The first-order chi connectivity index (χ1) is 7.15. The van der Waals surface area contributed by atoms with Gasteiger partial charge in [-0.15, -0.1) is 11.3 Å². The van der Waals surface area contributed by atoms with Gasteiger partial charge in [-0.05, 0) is 13.8 Å². The molecule has 0 atom stereocenters. The second-order valence-electron chi connectivity index (χ2n) is 3.35. The SMILES string of the molecule is Cc1nc(NCc2ncn(C)n2)sc1C. The van der Waals surface area contributed by atoms with Crippen LogP contribution in [-0.2, 0) is 13.6 Å². The minimum Gasteiger partial charge on any atom is -0.354 e. The maximum Gasteiger partial charge on any atom is 0.183 e. The van der Waals surface area contributed by atoms with Gasteiger partial charge in [-0.1, -0.05) is 0 Å². The monoisotopic (exact) mass is 223 g/mol. The Kier molecular flexibility index (Phi) is 2.68. The van der Waals surface area contributed by atoms with Gasteiger partial charge in [0.1, 0.15) is 6.33 Å². The summed E-state index contributed by atoms with van der Waals surface area (Å²) < 4.78 is 1.69. The lowest BCUT2D eigenvalue weighted by Crippen LogP contribution is -2.01. The van der Waals surface area contributed by atoms with Gasteiger partial charge in [0.05, 0.1) is 12.2 Å². The lowest BCUT2D eigenvalue weighted by Gasteiger charge is -1.96. The molecule has 2 aromatic rings. The molecule has 6 heteroatoms. The number of anilines is 1. The Morgan fingerprint density at radius 3 is 2.80 bits per heavy atom. The van der Waals surface area contributed by atoms with E-state index in [1.54, 1.807) is 22.3 Å². The number of hydrogen-bond acceptors (Lipinski definition) is 5. The molecule has 2 heterocycles. The molecule has 0 unspecified atom stereocenters. The fraction of sp³-hybridized carbons (Fsp3) is 0.444. The highest BCUT2D eigenvalue weighted by Crippen LogP contribution is 2.21. The van der Waals surface area contributed by atoms with Crippen molar-refractivity contribution in [2.45, 2.75) is 20.4 Å². The van der Waals surface area contributed by atoms with Crippen LogP contribution >= 0.6 is 11.3 Å². The second-order valence-corrected chi connectivity index (χ2v) is 4.55. The largest absolute Gasteiger partial charge is 0.354 e. The summed E-state index contributed by atoms with van der Waals surface area (Å²) in [7, 11) is 1.86. The van der Waals surface area contributed by atoms with Crippen LogP contribution in [0.3, 0.4) is 0 Å². The average molecular weight is 223 g/mol. The Labute approximate surface area is 92.2 Å². The molecule has 0 fully saturated rings. The lowest BCUT2D eigenvalue weighted by molar-refractivity contribution is 0.747. The molecule has 2 rings (SSSR count). The van der Waals surface area contributed by atoms with Gasteiger partial charge < -0.3 is 5.32 Å². The zero-order valence-corrected chi connectivity index (χ0v) is 9.80. The van der Waals surface area contributed by atoms with Gasteiger partial charge in [0, 0.05) is 11.9 Å². The van der Waals surface area contributed by atoms with E-state index >= 15 is 0 Å². The number of aromatic nitrogens is 4. The predicted octanol–water partition coefficient (Wildman–Crippen LogP) is 1.50. The fourth-order valence-corrected chi connectivity index (χ4v) is 1.98. The molecule has 0 saturated carbocycles. The highest BCUT2D eigenvalue weighted by atomic mass is 32.1. The number of hydrogen-bond donors (Lipinski definition) is 1. The van der Waals surface area contributed by atoms with Gasteiger partial charge in [0.2, 0.25) is 0 Å². The Balaban J connectivity index is 1.99. The first kappa shape index (κ1) is 10.1. The molecule has 0 spiro atoms. The normalized spacial score (nSPS) is 10.6. The molecule has 0 aromatic carbocycles. The maximum absolute atomic E-state index is 4.38. The predicted molar refractivity (Wildman–Crippen MR) is 59.9 cm³/mol. The van der Waals surface area contributed by atoms with Gasteiger partial charge in [-0.2, -0.15) is 5.10 Å². The zero-order valence-electron chi connectivity index (χ0n) is 8.98. The number of rotatable bonds is 3. The maximum atomic E-state index is 4.38. The van der Waals surface area contributed by atoms with Crippen molar-refractivity contribution in [1.29, 1.82) is 0 Å². The van der Waals surface area contributed by atoms with E-state index in [-0.39, 0.29) is 0 Å². The summed E-state index contributed by atoms with van der Waals surface area (Å²) in [5.74, 6) is 0.781. The first-order valence-electron chi connectivity index (χ1n) is 4.67. The van der Waals surface area contributed by atoms with Gasteiger partial charge in [-0.3, -0.25) is 4.68 Å². The van der Waals surface area contributed by atoms with E-state index in [1.807, 2.05) is 14.0 Å². The third-order valence-electron chi connectivity index (χ3n) is 2.07. The molecule has 0 saturated heterocycles. The molecule has 0 radical (unpaired) electrons. The summed E-state index contributed by atoms with van der Waals surface area (Å²) in [5.41, 5.74) is 1.08. The summed E-state index contributed by atoms with van der Waals surface area (Å²) in [6.07, 6.45) is 1.69. The summed E-state index contributed by atoms with van der Waals surface area (Å²) >= 11 is 1.66. The molecular weight excluding hydrogens is 210 g/mol. The van der Waals surface area contributed by atoms with Gasteiger partial charge in [-0.25, -0.2) is 9.97 Å². The minimum absolute atomic E-state index is 0.618. The van der Waals surface area contributed by atoms with Crippen molar-refractivity contribution >= 4 is 16.5 Å². The third-order valence-corrected chi connectivity index (χ3v) is 3.10. The van der Waals surface area contributed by atoms with E-state index in [0.29, 0.717) is 6.54 Å². The minimum atomic E-state index is 0.618. The van der Waals surface area contributed by atoms with Crippen LogP contribution in [-0.4, -0.2) is 19.7 Å². The van der Waals surface area contributed by atoms with E-state index in [9.17, 15) is 0 Å². The Morgan fingerprint density at radius 2 is 2.27 bits per heavy atom. The van der Waals surface area contributed by atoms with Crippen molar-refractivity contribution in [2.75, 3.05) is 5.32 Å². The molecule has 80 valence electrons. The van der Waals surface area contributed by atoms with E-state index in [1.165, 1.54) is 4.88 Å². The van der Waals surface area contributed by atoms with Crippen LogP contribution in [0.1, 0.15) is 16.4 Å². The molecule has 15 heavy (non-hydrogen) atoms. The highest BCUT2D eigenvalue weighted by molar-refractivity contribution is 7.15. The molecule has 5 nitrogen and oxygen atoms in total. The Morgan fingerprint density at radius 1 is 1.47 bits per heavy atom. The fourth-order valence-electron chi connectivity index (χ4n) is 1.17. The molecule has 0 amide bonds. The number of nitrogens with zero attached hydrogens (tertiary/aromatic N) is 4. The van der Waals surface area contributed by atoms with Crippen molar-refractivity contribution in [3.05, 3.63) is 22.7 Å². The standard InChI is InChI=1S/C9H13N5S/c1-6-7(2)15-9(12-6)10-4-8-11-5-14(3)13-8/h5H,4H2,1-3H3,(H,10,12). The van der Waals surface area contributed by atoms with Crippen molar-refractivity contribution < 1.29 is 0 Å². The van der Waals surface area contributed by atoms with E-state index in [2.05, 4.69) is 27.3 Å². The summed E-state index contributed by atoms with van der Waals surface area (Å²) in [5, 5.41) is 8.31. The van der Waals surface area contributed by atoms with Crippen LogP contribution in [0.2, 0.25) is 0 Å². The van der Waals surface area contributed by atoms with Crippen LogP contribution in [0.5, 0.6) is 0 Å². The molecule has 0 aliphatic rings. The van der Waals surface area contributed by atoms with E-state index < -0.39 is 0 Å². The van der Waals surface area contributed by atoms with Crippen LogP contribution in [0, 0.1) is 13.8 Å². The van der Waals surface area contributed by atoms with Crippen molar-refractivity contribution in [3.63, 3.8) is 0 Å². The quantitative estimate of drug-likeness (QED) is 0.856. The van der Waals surface area contributed by atoms with Crippen molar-refractivity contribution in [3.8, 4) is 0 Å². The zero-order chi connectivity index (χ0) is 10.8. The molecule has 0 aliphatic carbocycles. The summed E-state index contributed by atoms with van der Waals surface area (Å²) in [6, 6.07) is 0. The summed E-state index contributed by atoms with van der Waals surface area (Å²) in [6.45, 7) is 4.69. The smallest absolute Gasteiger partial charge is 0.183 e. The number of nitrogens with one attached hydrogen (secondary N) is 1. The van der Waals surface area contributed by atoms with E-state index in [0.717, 1.165) is 16.6 Å². The van der Waals surface area contributed by atoms with Crippen LogP contribution in [0.15, 0.2) is 6.33 Å². The lowest BCUT2D eigenvalue weighted by atomic mass is 10.4. The number of thiazole rings is 1. The van der Waals surface area contributed by atoms with Gasteiger partial charge >= 0.3 is 0 Å². The molecule has 0 bridgehead atoms. The highest BCUT2D eigenvalue weighted by Gasteiger charge is 2.04. The Hall–Kier alpha value is -1.43. The third kappa shape index (κ3) is 2.33. The van der Waals surface area contributed by atoms with Crippen molar-refractivity contribution in [2.24, 2.45) is 7.05 Å². The van der Waals surface area contributed by atoms with E-state index in [4.69, 9.17) is 0 Å². The van der Waals surface area contributed by atoms with Crippen LogP contribution in [0.4, 0.5) is 5.13 Å². The van der Waals surface area contributed by atoms with Gasteiger partial charge in [0.25, 0.3) is 0 Å². The molecule has 1 N–H and O–H groups in total. The topological polar surface area (TPSA) is 55.6 Å². The molecule has 0 aliphatic heterocycles. The van der Waals surface area contributed by atoms with Crippen molar-refractivity contribution in [1.82, 2.24) is 19.7 Å². The molecular formula is C9H13N5S.